The Hall–Kier alpha value is -4.39. The molecule has 3 N–H and O–H groups in total. The molecule has 0 saturated heterocycles. The van der Waals surface area contributed by atoms with Crippen molar-refractivity contribution in [2.24, 2.45) is 0 Å². The molecule has 1 aliphatic rings. The number of hydrogen-bond donors (Lipinski definition) is 2. The summed E-state index contributed by atoms with van der Waals surface area (Å²) in [6.07, 6.45) is 4.55. The van der Waals surface area contributed by atoms with Gasteiger partial charge in [0.25, 0.3) is 5.56 Å². The summed E-state index contributed by atoms with van der Waals surface area (Å²) in [6, 6.07) is 25.0. The first-order chi connectivity index (χ1) is 18.0. The van der Waals surface area contributed by atoms with E-state index >= 15 is 0 Å². The fraction of sp³-hybridized carbons (Fsp3) is 0.233. The van der Waals surface area contributed by atoms with Crippen molar-refractivity contribution in [1.82, 2.24) is 9.55 Å². The molecule has 0 unspecified atom stereocenters. The number of nitrogen functional groups attached to an aromatic ring is 1. The van der Waals surface area contributed by atoms with Gasteiger partial charge in [-0.3, -0.25) is 24.0 Å². The van der Waals surface area contributed by atoms with E-state index in [0.717, 1.165) is 36.0 Å². The van der Waals surface area contributed by atoms with Crippen LogP contribution in [0.3, 0.4) is 0 Å². The van der Waals surface area contributed by atoms with E-state index in [-0.39, 0.29) is 36.9 Å². The molecule has 0 bridgehead atoms. The Morgan fingerprint density at radius 1 is 0.838 bits per heavy atom. The molecule has 5 rings (SSSR count). The maximum atomic E-state index is 13.8. The van der Waals surface area contributed by atoms with E-state index in [4.69, 9.17) is 5.73 Å². The number of aromatic amines is 1. The van der Waals surface area contributed by atoms with Gasteiger partial charge in [-0.05, 0) is 53.5 Å². The first kappa shape index (κ1) is 24.3. The number of carbonyl (C=O) groups is 1. The van der Waals surface area contributed by atoms with Crippen LogP contribution in [0.4, 0.5) is 11.5 Å². The van der Waals surface area contributed by atoms with E-state index in [2.05, 4.69) is 17.1 Å². The van der Waals surface area contributed by atoms with Gasteiger partial charge in [-0.25, -0.2) is 4.79 Å². The molecule has 0 fully saturated rings. The van der Waals surface area contributed by atoms with E-state index in [1.807, 2.05) is 66.7 Å². The number of hydrogen-bond acceptors (Lipinski definition) is 4. The predicted octanol–water partition coefficient (Wildman–Crippen LogP) is 3.82. The highest BCUT2D eigenvalue weighted by Crippen LogP contribution is 2.25. The molecule has 3 aromatic carbocycles. The summed E-state index contributed by atoms with van der Waals surface area (Å²) in [5, 5.41) is 0. The molecule has 1 heterocycles. The molecule has 0 atom stereocenters. The summed E-state index contributed by atoms with van der Waals surface area (Å²) in [7, 11) is 0. The summed E-state index contributed by atoms with van der Waals surface area (Å²) in [6.45, 7) is 0.328. The van der Waals surface area contributed by atoms with Crippen LogP contribution in [0.5, 0.6) is 0 Å². The maximum absolute atomic E-state index is 13.8. The fourth-order valence-electron chi connectivity index (χ4n) is 4.99. The molecule has 7 nitrogen and oxygen atoms in total. The number of H-pyrrole nitrogens is 1. The number of carbonyl (C=O) groups excluding carboxylic acids is 1. The molecule has 0 aliphatic heterocycles. The van der Waals surface area contributed by atoms with Crippen LogP contribution in [0.1, 0.15) is 40.7 Å². The predicted molar refractivity (Wildman–Crippen MR) is 146 cm³/mol. The molecule has 0 saturated carbocycles. The first-order valence-electron chi connectivity index (χ1n) is 12.6. The molecule has 4 aromatic rings. The van der Waals surface area contributed by atoms with Crippen LogP contribution in [-0.2, 0) is 37.1 Å². The zero-order valence-corrected chi connectivity index (χ0v) is 20.7. The van der Waals surface area contributed by atoms with Crippen molar-refractivity contribution in [1.29, 1.82) is 0 Å². The molecule has 7 heteroatoms. The summed E-state index contributed by atoms with van der Waals surface area (Å²) in [4.78, 5) is 43.4. The zero-order chi connectivity index (χ0) is 25.8. The number of rotatable bonds is 7. The van der Waals surface area contributed by atoms with Crippen LogP contribution in [0, 0.1) is 0 Å². The van der Waals surface area contributed by atoms with Gasteiger partial charge in [0.2, 0.25) is 5.91 Å². The average molecular weight is 495 g/mol. The standard InChI is InChI=1S/C30H30N4O3/c31-28-27(29(36)32-30(37)34(28)20-22-11-5-2-6-12-22)33(19-21-9-3-1-4-10-21)26(35)18-23-15-16-24-13-7-8-14-25(24)17-23/h1-6,9-12,15-17H,7-8,13-14,18-20,31H2,(H,32,36,37). The summed E-state index contributed by atoms with van der Waals surface area (Å²) in [5.41, 5.74) is 10.4. The lowest BCUT2D eigenvalue weighted by Crippen LogP contribution is -2.41. The van der Waals surface area contributed by atoms with Gasteiger partial charge in [0.1, 0.15) is 5.82 Å². The molecule has 1 aromatic heterocycles. The fourth-order valence-corrected chi connectivity index (χ4v) is 4.99. The largest absolute Gasteiger partial charge is 0.383 e. The van der Waals surface area contributed by atoms with Gasteiger partial charge in [0.05, 0.1) is 19.5 Å². The summed E-state index contributed by atoms with van der Waals surface area (Å²) in [5.74, 6) is -0.297. The monoisotopic (exact) mass is 494 g/mol. The average Bonchev–Trinajstić information content (AvgIpc) is 2.91. The van der Waals surface area contributed by atoms with Crippen LogP contribution < -0.4 is 21.9 Å². The Bertz CT molecular complexity index is 1520. The van der Waals surface area contributed by atoms with Crippen molar-refractivity contribution >= 4 is 17.4 Å². The minimum absolute atomic E-state index is 0.0117. The van der Waals surface area contributed by atoms with Crippen molar-refractivity contribution in [3.05, 3.63) is 128 Å². The Morgan fingerprint density at radius 3 is 2.19 bits per heavy atom. The quantitative estimate of drug-likeness (QED) is 0.408. The lowest BCUT2D eigenvalue weighted by molar-refractivity contribution is -0.118. The number of amides is 1. The third-order valence-corrected chi connectivity index (χ3v) is 6.92. The summed E-state index contributed by atoms with van der Waals surface area (Å²) >= 11 is 0. The number of aryl methyl sites for hydroxylation is 2. The zero-order valence-electron chi connectivity index (χ0n) is 20.7. The number of anilines is 2. The minimum Gasteiger partial charge on any atom is -0.383 e. The normalized spacial score (nSPS) is 12.6. The smallest absolute Gasteiger partial charge is 0.330 e. The molecule has 1 amide bonds. The molecule has 0 spiro atoms. The van der Waals surface area contributed by atoms with Gasteiger partial charge in [-0.1, -0.05) is 78.9 Å². The lowest BCUT2D eigenvalue weighted by atomic mass is 9.90. The van der Waals surface area contributed by atoms with Crippen molar-refractivity contribution < 1.29 is 4.79 Å². The van der Waals surface area contributed by atoms with Crippen LogP contribution in [0.25, 0.3) is 0 Å². The van der Waals surface area contributed by atoms with E-state index in [9.17, 15) is 14.4 Å². The van der Waals surface area contributed by atoms with Crippen molar-refractivity contribution in [3.8, 4) is 0 Å². The second kappa shape index (κ2) is 10.7. The summed E-state index contributed by atoms with van der Waals surface area (Å²) < 4.78 is 1.30. The number of benzene rings is 3. The second-order valence-electron chi connectivity index (χ2n) is 9.52. The van der Waals surface area contributed by atoms with Crippen molar-refractivity contribution in [2.75, 3.05) is 10.6 Å². The molecule has 0 radical (unpaired) electrons. The van der Waals surface area contributed by atoms with Crippen LogP contribution in [-0.4, -0.2) is 15.5 Å². The minimum atomic E-state index is -0.679. The number of nitrogens with zero attached hydrogens (tertiary/aromatic N) is 2. The van der Waals surface area contributed by atoms with Crippen LogP contribution in [0.15, 0.2) is 88.5 Å². The maximum Gasteiger partial charge on any atom is 0.330 e. The number of fused-ring (bicyclic) bond motifs is 1. The topological polar surface area (TPSA) is 101 Å². The Balaban J connectivity index is 1.54. The van der Waals surface area contributed by atoms with Crippen LogP contribution >= 0.6 is 0 Å². The second-order valence-corrected chi connectivity index (χ2v) is 9.52. The van der Waals surface area contributed by atoms with E-state index in [1.165, 1.54) is 27.0 Å². The highest BCUT2D eigenvalue weighted by molar-refractivity contribution is 5.96. The van der Waals surface area contributed by atoms with Gasteiger partial charge >= 0.3 is 5.69 Å². The molecular weight excluding hydrogens is 464 g/mol. The highest BCUT2D eigenvalue weighted by Gasteiger charge is 2.25. The molecular formula is C30H30N4O3. The van der Waals surface area contributed by atoms with E-state index < -0.39 is 11.2 Å². The highest BCUT2D eigenvalue weighted by atomic mass is 16.2. The molecule has 188 valence electrons. The van der Waals surface area contributed by atoms with E-state index in [1.54, 1.807) is 0 Å². The van der Waals surface area contributed by atoms with Gasteiger partial charge in [-0.15, -0.1) is 0 Å². The van der Waals surface area contributed by atoms with Gasteiger partial charge in [0, 0.05) is 0 Å². The third-order valence-electron chi connectivity index (χ3n) is 6.92. The SMILES string of the molecule is Nc1c(N(Cc2ccccc2)C(=O)Cc2ccc3c(c2)CCCC3)c(=O)[nH]c(=O)n1Cc1ccccc1. The Kier molecular flexibility index (Phi) is 7.03. The number of nitrogens with two attached hydrogens (primary N) is 1. The number of nitrogens with one attached hydrogen (secondary N) is 1. The van der Waals surface area contributed by atoms with Gasteiger partial charge < -0.3 is 5.73 Å². The van der Waals surface area contributed by atoms with E-state index in [0.29, 0.717) is 0 Å². The van der Waals surface area contributed by atoms with Crippen molar-refractivity contribution in [3.63, 3.8) is 0 Å². The van der Waals surface area contributed by atoms with Gasteiger partial charge in [-0.2, -0.15) is 0 Å². The Labute approximate surface area is 215 Å². The van der Waals surface area contributed by atoms with Gasteiger partial charge in [0.15, 0.2) is 5.69 Å². The molecule has 1 aliphatic carbocycles. The Morgan fingerprint density at radius 2 is 1.49 bits per heavy atom. The molecule has 37 heavy (non-hydrogen) atoms. The lowest BCUT2D eigenvalue weighted by Gasteiger charge is -2.25. The van der Waals surface area contributed by atoms with Crippen LogP contribution in [0.2, 0.25) is 0 Å². The first-order valence-corrected chi connectivity index (χ1v) is 12.6. The number of aromatic nitrogens is 2. The third kappa shape index (κ3) is 5.40. The van der Waals surface area contributed by atoms with Crippen molar-refractivity contribution in [2.45, 2.75) is 45.2 Å².